The number of hydrogen-bond acceptors (Lipinski definition) is 6. The van der Waals surface area contributed by atoms with Crippen LogP contribution in [0.4, 0.5) is 0 Å². The van der Waals surface area contributed by atoms with Crippen LogP contribution in [0.2, 0.25) is 0 Å². The maximum absolute atomic E-state index is 12.6. The van der Waals surface area contributed by atoms with Crippen LogP contribution in [0, 0.1) is 45.3 Å². The smallest absolute Gasteiger partial charge is 0.165 e. The lowest BCUT2D eigenvalue weighted by Crippen LogP contribution is -2.62. The van der Waals surface area contributed by atoms with Gasteiger partial charge in [-0.05, 0) is 79.6 Å². The number of ketones is 1. The molecule has 0 bridgehead atoms. The van der Waals surface area contributed by atoms with Crippen molar-refractivity contribution in [2.24, 2.45) is 45.3 Å². The average molecular weight is 473 g/mol. The molecule has 5 fully saturated rings. The third-order valence-electron chi connectivity index (χ3n) is 11.7. The monoisotopic (exact) mass is 472 g/mol. The lowest BCUT2D eigenvalue weighted by molar-refractivity contribution is -0.203. The first kappa shape index (κ1) is 23.3. The van der Waals surface area contributed by atoms with Gasteiger partial charge >= 0.3 is 0 Å². The molecule has 2 heterocycles. The third-order valence-corrected chi connectivity index (χ3v) is 11.7. The minimum absolute atomic E-state index is 0.0120. The zero-order valence-electron chi connectivity index (χ0n) is 21.0. The van der Waals surface area contributed by atoms with Crippen molar-refractivity contribution < 1.29 is 28.5 Å². The van der Waals surface area contributed by atoms with Gasteiger partial charge in [-0.2, -0.15) is 0 Å². The van der Waals surface area contributed by atoms with E-state index < -0.39 is 5.92 Å². The summed E-state index contributed by atoms with van der Waals surface area (Å²) in [5.74, 6) is 0.875. The molecule has 2 spiro atoms. The number of fused-ring (bicyclic) bond motifs is 7. The van der Waals surface area contributed by atoms with Crippen LogP contribution in [0.15, 0.2) is 11.6 Å². The molecule has 4 aliphatic carbocycles. The standard InChI is InChI=1S/C28H40O6/c1-25-11-18(13-29)22(30)10-19(25)4-5-20-21-6-7-28(16-33-15-27(28)8-9-32-14-27)26(21,2)12-23(24(20)25)34-17-31-3/h10,13,18,20-21,23-24H,4-9,11-12,14-17H2,1-3H3. The summed E-state index contributed by atoms with van der Waals surface area (Å²) in [7, 11) is 1.69. The fourth-order valence-corrected chi connectivity index (χ4v) is 10.2. The second-order valence-corrected chi connectivity index (χ2v) is 12.7. The molecule has 0 N–H and O–H groups in total. The Balaban J connectivity index is 1.42. The highest BCUT2D eigenvalue weighted by molar-refractivity contribution is 6.02. The summed E-state index contributed by atoms with van der Waals surface area (Å²) in [4.78, 5) is 24.4. The fourth-order valence-electron chi connectivity index (χ4n) is 10.2. The second-order valence-electron chi connectivity index (χ2n) is 12.7. The minimum atomic E-state index is -0.527. The summed E-state index contributed by atoms with van der Waals surface area (Å²) >= 11 is 0. The highest BCUT2D eigenvalue weighted by Gasteiger charge is 2.73. The van der Waals surface area contributed by atoms with Crippen LogP contribution in [0.3, 0.4) is 0 Å². The van der Waals surface area contributed by atoms with E-state index in [2.05, 4.69) is 13.8 Å². The number of allylic oxidation sites excluding steroid dienone is 1. The molecule has 34 heavy (non-hydrogen) atoms. The van der Waals surface area contributed by atoms with Crippen LogP contribution in [0.5, 0.6) is 0 Å². The van der Waals surface area contributed by atoms with E-state index in [1.165, 1.54) is 18.4 Å². The Morgan fingerprint density at radius 1 is 1.12 bits per heavy atom. The minimum Gasteiger partial charge on any atom is -0.381 e. The Labute approximate surface area is 203 Å². The molecule has 6 aliphatic rings. The molecule has 6 heteroatoms. The largest absolute Gasteiger partial charge is 0.381 e. The quantitative estimate of drug-likeness (QED) is 0.350. The van der Waals surface area contributed by atoms with E-state index in [9.17, 15) is 9.59 Å². The first-order valence-corrected chi connectivity index (χ1v) is 13.3. The molecule has 0 aromatic carbocycles. The van der Waals surface area contributed by atoms with E-state index in [0.717, 1.165) is 58.4 Å². The van der Waals surface area contributed by atoms with E-state index in [1.807, 2.05) is 6.08 Å². The van der Waals surface area contributed by atoms with Crippen LogP contribution >= 0.6 is 0 Å². The molecular weight excluding hydrogens is 432 g/mol. The van der Waals surface area contributed by atoms with Gasteiger partial charge in [0.1, 0.15) is 13.1 Å². The summed E-state index contributed by atoms with van der Waals surface area (Å²) in [6.07, 6.45) is 9.89. The molecule has 0 aromatic rings. The highest BCUT2D eigenvalue weighted by Crippen LogP contribution is 2.75. The fraction of sp³-hybridized carbons (Fsp3) is 0.857. The van der Waals surface area contributed by atoms with Crippen molar-refractivity contribution >= 4 is 12.1 Å². The molecule has 6 rings (SSSR count). The van der Waals surface area contributed by atoms with Crippen LogP contribution in [0.25, 0.3) is 0 Å². The van der Waals surface area contributed by atoms with E-state index in [0.29, 0.717) is 24.2 Å². The third kappa shape index (κ3) is 2.83. The molecule has 9 atom stereocenters. The Morgan fingerprint density at radius 3 is 2.68 bits per heavy atom. The lowest BCUT2D eigenvalue weighted by Gasteiger charge is -2.63. The summed E-state index contributed by atoms with van der Waals surface area (Å²) in [6, 6.07) is 0. The summed E-state index contributed by atoms with van der Waals surface area (Å²) in [5.41, 5.74) is 1.43. The molecule has 9 unspecified atom stereocenters. The summed E-state index contributed by atoms with van der Waals surface area (Å²) in [6.45, 7) is 8.43. The van der Waals surface area contributed by atoms with Gasteiger partial charge in [0, 0.05) is 24.5 Å². The first-order valence-electron chi connectivity index (χ1n) is 13.3. The van der Waals surface area contributed by atoms with Gasteiger partial charge in [-0.3, -0.25) is 4.79 Å². The average Bonchev–Trinajstić information content (AvgIpc) is 3.52. The predicted molar refractivity (Wildman–Crippen MR) is 125 cm³/mol. The molecule has 3 saturated carbocycles. The number of aldehydes is 1. The van der Waals surface area contributed by atoms with Gasteiger partial charge in [0.15, 0.2) is 5.78 Å². The second kappa shape index (κ2) is 7.96. The van der Waals surface area contributed by atoms with Gasteiger partial charge in [0.25, 0.3) is 0 Å². The molecule has 2 saturated heterocycles. The van der Waals surface area contributed by atoms with E-state index >= 15 is 0 Å². The van der Waals surface area contributed by atoms with Crippen molar-refractivity contribution in [3.05, 3.63) is 11.6 Å². The van der Waals surface area contributed by atoms with Gasteiger partial charge in [0.2, 0.25) is 0 Å². The van der Waals surface area contributed by atoms with E-state index in [1.54, 1.807) is 7.11 Å². The van der Waals surface area contributed by atoms with Crippen molar-refractivity contribution in [1.29, 1.82) is 0 Å². The Morgan fingerprint density at radius 2 is 1.94 bits per heavy atom. The molecule has 6 nitrogen and oxygen atoms in total. The predicted octanol–water partition coefficient (Wildman–Crippen LogP) is 3.97. The van der Waals surface area contributed by atoms with Crippen LogP contribution in [-0.2, 0) is 28.5 Å². The van der Waals surface area contributed by atoms with Crippen LogP contribution in [0.1, 0.15) is 58.8 Å². The van der Waals surface area contributed by atoms with Gasteiger partial charge in [-0.25, -0.2) is 0 Å². The number of hydrogen-bond donors (Lipinski definition) is 0. The molecule has 0 amide bonds. The summed E-state index contributed by atoms with van der Waals surface area (Å²) in [5, 5.41) is 0. The van der Waals surface area contributed by atoms with Crippen molar-refractivity contribution in [2.45, 2.75) is 64.9 Å². The van der Waals surface area contributed by atoms with Gasteiger partial charge < -0.3 is 23.7 Å². The van der Waals surface area contributed by atoms with Crippen molar-refractivity contribution in [1.82, 2.24) is 0 Å². The maximum atomic E-state index is 12.6. The number of carbonyl (C=O) groups excluding carboxylic acids is 2. The van der Waals surface area contributed by atoms with Crippen LogP contribution in [-0.4, -0.2) is 58.5 Å². The number of ether oxygens (including phenoxy) is 4. The maximum Gasteiger partial charge on any atom is 0.165 e. The van der Waals surface area contributed by atoms with Crippen molar-refractivity contribution in [3.8, 4) is 0 Å². The number of carbonyl (C=O) groups is 2. The molecule has 0 aromatic heterocycles. The van der Waals surface area contributed by atoms with E-state index in [4.69, 9.17) is 18.9 Å². The van der Waals surface area contributed by atoms with Crippen LogP contribution < -0.4 is 0 Å². The highest BCUT2D eigenvalue weighted by atomic mass is 16.7. The molecule has 0 radical (unpaired) electrons. The number of rotatable bonds is 4. The topological polar surface area (TPSA) is 71.1 Å². The zero-order valence-corrected chi connectivity index (χ0v) is 21.0. The Hall–Kier alpha value is -1.08. The van der Waals surface area contributed by atoms with Gasteiger partial charge in [-0.1, -0.05) is 19.4 Å². The van der Waals surface area contributed by atoms with Crippen molar-refractivity contribution in [3.63, 3.8) is 0 Å². The van der Waals surface area contributed by atoms with Crippen molar-refractivity contribution in [2.75, 3.05) is 40.3 Å². The Kier molecular flexibility index (Phi) is 5.46. The first-order chi connectivity index (χ1) is 16.3. The molecular formula is C28H40O6. The lowest BCUT2D eigenvalue weighted by atomic mass is 9.41. The van der Waals surface area contributed by atoms with E-state index in [-0.39, 0.29) is 40.3 Å². The summed E-state index contributed by atoms with van der Waals surface area (Å²) < 4.78 is 24.3. The number of methoxy groups -OCH3 is 1. The normalized spacial score (nSPS) is 51.9. The Bertz CT molecular complexity index is 886. The SMILES string of the molecule is COCOC1CC2(C)C(CCC23COCC32CCOC2)C2CCC3=CC(=O)C(C=O)CC3(C)C12. The van der Waals surface area contributed by atoms with Gasteiger partial charge in [-0.15, -0.1) is 0 Å². The molecule has 2 aliphatic heterocycles. The van der Waals surface area contributed by atoms with Gasteiger partial charge in [0.05, 0.1) is 31.8 Å². The zero-order chi connectivity index (χ0) is 23.8. The molecule has 188 valence electrons.